The molecular formula is C18H18N4O3. The first-order valence-electron chi connectivity index (χ1n) is 7.92. The van der Waals surface area contributed by atoms with Crippen molar-refractivity contribution in [2.24, 2.45) is 5.92 Å². The van der Waals surface area contributed by atoms with Gasteiger partial charge in [0.2, 0.25) is 17.7 Å². The molecule has 1 atom stereocenters. The molecule has 1 fully saturated rings. The maximum atomic E-state index is 12.4. The van der Waals surface area contributed by atoms with E-state index in [0.717, 1.165) is 0 Å². The monoisotopic (exact) mass is 338 g/mol. The van der Waals surface area contributed by atoms with Gasteiger partial charge in [-0.2, -0.15) is 0 Å². The van der Waals surface area contributed by atoms with Crippen LogP contribution in [0.1, 0.15) is 13.3 Å². The second kappa shape index (κ2) is 7.12. The molecule has 2 aromatic rings. The second-order valence-electron chi connectivity index (χ2n) is 5.86. The van der Waals surface area contributed by atoms with Gasteiger partial charge in [0.15, 0.2) is 0 Å². The summed E-state index contributed by atoms with van der Waals surface area (Å²) in [5.41, 5.74) is 2.03. The van der Waals surface area contributed by atoms with Crippen LogP contribution in [-0.2, 0) is 14.4 Å². The van der Waals surface area contributed by atoms with Crippen LogP contribution in [0.2, 0.25) is 0 Å². The SMILES string of the molecule is CC(=O)Nc1ccc(N2C[C@@H](C(=O)Nc3ccncc3)CC2=O)cc1. The molecular weight excluding hydrogens is 320 g/mol. The number of carbonyl (C=O) groups excluding carboxylic acids is 3. The molecule has 128 valence electrons. The van der Waals surface area contributed by atoms with Crippen molar-refractivity contribution in [1.29, 1.82) is 0 Å². The lowest BCUT2D eigenvalue weighted by Gasteiger charge is -2.17. The van der Waals surface area contributed by atoms with Gasteiger partial charge in [0.25, 0.3) is 0 Å². The van der Waals surface area contributed by atoms with Crippen molar-refractivity contribution in [3.63, 3.8) is 0 Å². The Kier molecular flexibility index (Phi) is 4.74. The van der Waals surface area contributed by atoms with E-state index in [2.05, 4.69) is 15.6 Å². The Bertz CT molecular complexity index is 790. The summed E-state index contributed by atoms with van der Waals surface area (Å²) in [6.45, 7) is 1.76. The molecule has 0 bridgehead atoms. The van der Waals surface area contributed by atoms with Crippen molar-refractivity contribution >= 4 is 34.8 Å². The molecule has 1 aliphatic rings. The maximum Gasteiger partial charge on any atom is 0.229 e. The Hall–Kier alpha value is -3.22. The van der Waals surface area contributed by atoms with Crippen LogP contribution < -0.4 is 15.5 Å². The molecule has 0 radical (unpaired) electrons. The van der Waals surface area contributed by atoms with Gasteiger partial charge in [0.05, 0.1) is 5.92 Å². The van der Waals surface area contributed by atoms with E-state index in [4.69, 9.17) is 0 Å². The highest BCUT2D eigenvalue weighted by Gasteiger charge is 2.35. The number of aromatic nitrogens is 1. The molecule has 2 N–H and O–H groups in total. The predicted molar refractivity (Wildman–Crippen MR) is 94.1 cm³/mol. The number of hydrogen-bond donors (Lipinski definition) is 2. The van der Waals surface area contributed by atoms with Gasteiger partial charge in [-0.1, -0.05) is 0 Å². The Morgan fingerprint density at radius 3 is 2.32 bits per heavy atom. The molecule has 0 aliphatic carbocycles. The number of amides is 3. The lowest BCUT2D eigenvalue weighted by Crippen LogP contribution is -2.28. The fraction of sp³-hybridized carbons (Fsp3) is 0.222. The fourth-order valence-electron chi connectivity index (χ4n) is 2.74. The molecule has 25 heavy (non-hydrogen) atoms. The third-order valence-electron chi connectivity index (χ3n) is 3.94. The van der Waals surface area contributed by atoms with E-state index in [9.17, 15) is 14.4 Å². The summed E-state index contributed by atoms with van der Waals surface area (Å²) < 4.78 is 0. The molecule has 0 saturated carbocycles. The van der Waals surface area contributed by atoms with E-state index in [1.165, 1.54) is 6.92 Å². The molecule has 1 saturated heterocycles. The number of anilines is 3. The number of hydrogen-bond acceptors (Lipinski definition) is 4. The number of benzene rings is 1. The topological polar surface area (TPSA) is 91.4 Å². The lowest BCUT2D eigenvalue weighted by molar-refractivity contribution is -0.122. The van der Waals surface area contributed by atoms with Crippen LogP contribution in [-0.4, -0.2) is 29.3 Å². The maximum absolute atomic E-state index is 12.4. The van der Waals surface area contributed by atoms with Crippen LogP contribution in [0, 0.1) is 5.92 Å². The Morgan fingerprint density at radius 1 is 1.04 bits per heavy atom. The normalized spacial score (nSPS) is 16.6. The molecule has 7 heteroatoms. The average Bonchev–Trinajstić information content (AvgIpc) is 2.98. The molecule has 1 aromatic heterocycles. The summed E-state index contributed by atoms with van der Waals surface area (Å²) in [7, 11) is 0. The quantitative estimate of drug-likeness (QED) is 0.892. The van der Waals surface area contributed by atoms with Gasteiger partial charge in [-0.25, -0.2) is 0 Å². The van der Waals surface area contributed by atoms with Crippen LogP contribution in [0.5, 0.6) is 0 Å². The van der Waals surface area contributed by atoms with Gasteiger partial charge < -0.3 is 15.5 Å². The molecule has 3 amide bonds. The zero-order valence-electron chi connectivity index (χ0n) is 13.7. The zero-order chi connectivity index (χ0) is 17.8. The third-order valence-corrected chi connectivity index (χ3v) is 3.94. The minimum Gasteiger partial charge on any atom is -0.326 e. The van der Waals surface area contributed by atoms with E-state index in [1.54, 1.807) is 53.7 Å². The Morgan fingerprint density at radius 2 is 1.68 bits per heavy atom. The Balaban J connectivity index is 1.65. The summed E-state index contributed by atoms with van der Waals surface area (Å²) in [6.07, 6.45) is 3.36. The van der Waals surface area contributed by atoms with Crippen LogP contribution in [0.4, 0.5) is 17.1 Å². The molecule has 0 spiro atoms. The third kappa shape index (κ3) is 4.00. The molecule has 1 aliphatic heterocycles. The van der Waals surface area contributed by atoms with Gasteiger partial charge >= 0.3 is 0 Å². The highest BCUT2D eigenvalue weighted by molar-refractivity contribution is 6.03. The first-order chi connectivity index (χ1) is 12.0. The largest absolute Gasteiger partial charge is 0.326 e. The smallest absolute Gasteiger partial charge is 0.229 e. The summed E-state index contributed by atoms with van der Waals surface area (Å²) in [5.74, 6) is -0.840. The molecule has 3 rings (SSSR count). The Labute approximate surface area is 145 Å². The number of pyridine rings is 1. The van der Waals surface area contributed by atoms with Gasteiger partial charge in [0, 0.05) is 49.3 Å². The van der Waals surface area contributed by atoms with Crippen molar-refractivity contribution in [2.45, 2.75) is 13.3 Å². The zero-order valence-corrected chi connectivity index (χ0v) is 13.7. The minimum atomic E-state index is -0.407. The number of nitrogens with one attached hydrogen (secondary N) is 2. The molecule has 0 unspecified atom stereocenters. The summed E-state index contributed by atoms with van der Waals surface area (Å²) in [5, 5.41) is 5.48. The number of rotatable bonds is 4. The van der Waals surface area contributed by atoms with E-state index in [0.29, 0.717) is 23.6 Å². The standard InChI is InChI=1S/C18H18N4O3/c1-12(23)20-14-2-4-16(5-3-14)22-11-13(10-17(22)24)18(25)21-15-6-8-19-9-7-15/h2-9,13H,10-11H2,1H3,(H,20,23)(H,19,21,25)/t13-/m0/s1. The van der Waals surface area contributed by atoms with Gasteiger partial charge in [-0.05, 0) is 36.4 Å². The summed E-state index contributed by atoms with van der Waals surface area (Å²) in [4.78, 5) is 41.2. The van der Waals surface area contributed by atoms with Crippen molar-refractivity contribution in [3.8, 4) is 0 Å². The fourth-order valence-corrected chi connectivity index (χ4v) is 2.74. The van der Waals surface area contributed by atoms with Gasteiger partial charge in [-0.15, -0.1) is 0 Å². The minimum absolute atomic E-state index is 0.0952. The van der Waals surface area contributed by atoms with Crippen LogP contribution in [0.25, 0.3) is 0 Å². The first kappa shape index (κ1) is 16.6. The van der Waals surface area contributed by atoms with E-state index in [1.807, 2.05) is 0 Å². The van der Waals surface area contributed by atoms with Crippen LogP contribution >= 0.6 is 0 Å². The number of carbonyl (C=O) groups is 3. The molecule has 7 nitrogen and oxygen atoms in total. The van der Waals surface area contributed by atoms with Crippen molar-refractivity contribution in [3.05, 3.63) is 48.8 Å². The van der Waals surface area contributed by atoms with E-state index in [-0.39, 0.29) is 24.1 Å². The summed E-state index contributed by atoms with van der Waals surface area (Å²) >= 11 is 0. The summed E-state index contributed by atoms with van der Waals surface area (Å²) in [6, 6.07) is 10.4. The second-order valence-corrected chi connectivity index (χ2v) is 5.86. The van der Waals surface area contributed by atoms with Crippen molar-refractivity contribution < 1.29 is 14.4 Å². The predicted octanol–water partition coefficient (Wildman–Crippen LogP) is 2.03. The van der Waals surface area contributed by atoms with Crippen LogP contribution in [0.15, 0.2) is 48.8 Å². The van der Waals surface area contributed by atoms with Gasteiger partial charge in [0.1, 0.15) is 0 Å². The van der Waals surface area contributed by atoms with Crippen molar-refractivity contribution in [1.82, 2.24) is 4.98 Å². The lowest BCUT2D eigenvalue weighted by atomic mass is 10.1. The average molecular weight is 338 g/mol. The highest BCUT2D eigenvalue weighted by atomic mass is 16.2. The van der Waals surface area contributed by atoms with Crippen LogP contribution in [0.3, 0.4) is 0 Å². The van der Waals surface area contributed by atoms with Crippen molar-refractivity contribution in [2.75, 3.05) is 22.1 Å². The van der Waals surface area contributed by atoms with E-state index < -0.39 is 5.92 Å². The van der Waals surface area contributed by atoms with E-state index >= 15 is 0 Å². The highest BCUT2D eigenvalue weighted by Crippen LogP contribution is 2.27. The molecule has 2 heterocycles. The molecule has 1 aromatic carbocycles. The van der Waals surface area contributed by atoms with Gasteiger partial charge in [-0.3, -0.25) is 19.4 Å². The first-order valence-corrected chi connectivity index (χ1v) is 7.92. The number of nitrogens with zero attached hydrogens (tertiary/aromatic N) is 2.